The van der Waals surface area contributed by atoms with Crippen molar-refractivity contribution in [2.45, 2.75) is 19.9 Å². The highest BCUT2D eigenvalue weighted by Gasteiger charge is 2.11. The molecule has 0 aliphatic rings. The average Bonchev–Trinajstić information content (AvgIpc) is 2.92. The van der Waals surface area contributed by atoms with Gasteiger partial charge in [0.15, 0.2) is 0 Å². The molecular formula is C16H20N2O2S. The normalized spacial score (nSPS) is 12.0. The minimum Gasteiger partial charge on any atom is -0.495 e. The van der Waals surface area contributed by atoms with E-state index in [-0.39, 0.29) is 18.5 Å². The van der Waals surface area contributed by atoms with Crippen LogP contribution in [0.3, 0.4) is 0 Å². The van der Waals surface area contributed by atoms with Crippen molar-refractivity contribution in [3.63, 3.8) is 0 Å². The number of nitrogens with one attached hydrogen (secondary N) is 2. The number of amides is 1. The third-order valence-corrected chi connectivity index (χ3v) is 4.32. The first-order valence-corrected chi connectivity index (χ1v) is 7.64. The summed E-state index contributed by atoms with van der Waals surface area (Å²) in [5, 5.41) is 6.08. The predicted molar refractivity (Wildman–Crippen MR) is 87.1 cm³/mol. The highest BCUT2D eigenvalue weighted by atomic mass is 32.1. The maximum Gasteiger partial charge on any atom is 0.238 e. The molecule has 0 spiro atoms. The van der Waals surface area contributed by atoms with Gasteiger partial charge >= 0.3 is 0 Å². The minimum absolute atomic E-state index is 0.0837. The predicted octanol–water partition coefficient (Wildman–Crippen LogP) is 3.35. The molecule has 0 fully saturated rings. The molecule has 2 rings (SSSR count). The van der Waals surface area contributed by atoms with E-state index >= 15 is 0 Å². The highest BCUT2D eigenvalue weighted by molar-refractivity contribution is 7.12. The van der Waals surface area contributed by atoms with Crippen LogP contribution in [0.4, 0.5) is 5.69 Å². The maximum atomic E-state index is 12.0. The van der Waals surface area contributed by atoms with Crippen LogP contribution < -0.4 is 15.4 Å². The van der Waals surface area contributed by atoms with Gasteiger partial charge in [-0.25, -0.2) is 0 Å². The van der Waals surface area contributed by atoms with Crippen LogP contribution in [0.15, 0.2) is 36.4 Å². The number of rotatable bonds is 6. The van der Waals surface area contributed by atoms with Crippen molar-refractivity contribution in [3.8, 4) is 5.75 Å². The van der Waals surface area contributed by atoms with Crippen LogP contribution in [0.2, 0.25) is 0 Å². The van der Waals surface area contributed by atoms with Crippen LogP contribution >= 0.6 is 11.3 Å². The number of thiophene rings is 1. The molecule has 1 aromatic carbocycles. The molecule has 112 valence electrons. The summed E-state index contributed by atoms with van der Waals surface area (Å²) < 4.78 is 5.21. The van der Waals surface area contributed by atoms with Crippen LogP contribution in [-0.4, -0.2) is 19.6 Å². The van der Waals surface area contributed by atoms with E-state index in [1.165, 1.54) is 9.75 Å². The molecule has 0 aliphatic heterocycles. The SMILES string of the molecule is COc1ccccc1NC(=O)CNC(C)c1ccc(C)s1. The van der Waals surface area contributed by atoms with Gasteiger partial charge in [0.2, 0.25) is 5.91 Å². The van der Waals surface area contributed by atoms with Crippen molar-refractivity contribution in [3.05, 3.63) is 46.2 Å². The lowest BCUT2D eigenvalue weighted by molar-refractivity contribution is -0.115. The Kier molecular flexibility index (Phi) is 5.36. The summed E-state index contributed by atoms with van der Waals surface area (Å²) in [5.41, 5.74) is 0.687. The Morgan fingerprint density at radius 1 is 1.29 bits per heavy atom. The monoisotopic (exact) mass is 304 g/mol. The summed E-state index contributed by atoms with van der Waals surface area (Å²) in [6.07, 6.45) is 0. The van der Waals surface area contributed by atoms with Crippen molar-refractivity contribution in [1.82, 2.24) is 5.32 Å². The van der Waals surface area contributed by atoms with Gasteiger partial charge in [0.05, 0.1) is 19.3 Å². The molecule has 0 bridgehead atoms. The number of para-hydroxylation sites is 2. The third kappa shape index (κ3) is 4.31. The molecule has 4 nitrogen and oxygen atoms in total. The van der Waals surface area contributed by atoms with Crippen LogP contribution in [0, 0.1) is 6.92 Å². The van der Waals surface area contributed by atoms with Gasteiger partial charge in [-0.1, -0.05) is 12.1 Å². The van der Waals surface area contributed by atoms with Gasteiger partial charge in [-0.05, 0) is 38.1 Å². The van der Waals surface area contributed by atoms with Crippen LogP contribution in [0.5, 0.6) is 5.75 Å². The van der Waals surface area contributed by atoms with E-state index in [9.17, 15) is 4.79 Å². The zero-order chi connectivity index (χ0) is 15.2. The van der Waals surface area contributed by atoms with Crippen LogP contribution in [-0.2, 0) is 4.79 Å². The zero-order valence-corrected chi connectivity index (χ0v) is 13.3. The fraction of sp³-hybridized carbons (Fsp3) is 0.312. The van der Waals surface area contributed by atoms with Crippen molar-refractivity contribution < 1.29 is 9.53 Å². The topological polar surface area (TPSA) is 50.4 Å². The lowest BCUT2D eigenvalue weighted by atomic mass is 10.2. The number of aryl methyl sites for hydroxylation is 1. The Morgan fingerprint density at radius 3 is 2.71 bits per heavy atom. The Bertz CT molecular complexity index is 610. The molecule has 0 saturated carbocycles. The molecule has 0 saturated heterocycles. The molecule has 1 atom stereocenters. The van der Waals surface area contributed by atoms with Crippen molar-refractivity contribution in [2.24, 2.45) is 0 Å². The van der Waals surface area contributed by atoms with Crippen molar-refractivity contribution in [2.75, 3.05) is 19.0 Å². The molecular weight excluding hydrogens is 284 g/mol. The van der Waals surface area contributed by atoms with E-state index in [0.717, 1.165) is 0 Å². The van der Waals surface area contributed by atoms with Crippen LogP contribution in [0.1, 0.15) is 22.7 Å². The summed E-state index contributed by atoms with van der Waals surface area (Å²) in [6, 6.07) is 11.7. The van der Waals surface area contributed by atoms with Gasteiger partial charge in [-0.2, -0.15) is 0 Å². The molecule has 2 N–H and O–H groups in total. The first kappa shape index (κ1) is 15.5. The van der Waals surface area contributed by atoms with Gasteiger partial charge in [-0.3, -0.25) is 4.79 Å². The van der Waals surface area contributed by atoms with Gasteiger partial charge in [-0.15, -0.1) is 11.3 Å². The van der Waals surface area contributed by atoms with Gasteiger partial charge in [0.1, 0.15) is 5.75 Å². The first-order valence-electron chi connectivity index (χ1n) is 6.82. The third-order valence-electron chi connectivity index (χ3n) is 3.14. The lowest BCUT2D eigenvalue weighted by Crippen LogP contribution is -2.29. The largest absolute Gasteiger partial charge is 0.495 e. The Morgan fingerprint density at radius 2 is 2.05 bits per heavy atom. The molecule has 1 heterocycles. The van der Waals surface area contributed by atoms with E-state index in [4.69, 9.17) is 4.74 Å². The van der Waals surface area contributed by atoms with E-state index in [2.05, 4.69) is 36.6 Å². The fourth-order valence-electron chi connectivity index (χ4n) is 1.97. The number of carbonyl (C=O) groups excluding carboxylic acids is 1. The molecule has 0 radical (unpaired) electrons. The molecule has 1 unspecified atom stereocenters. The number of carbonyl (C=O) groups is 1. The Hall–Kier alpha value is -1.85. The summed E-state index contributed by atoms with van der Waals surface area (Å²) in [5.74, 6) is 0.576. The number of hydrogen-bond acceptors (Lipinski definition) is 4. The van der Waals surface area contributed by atoms with Crippen LogP contribution in [0.25, 0.3) is 0 Å². The summed E-state index contributed by atoms with van der Waals surface area (Å²) in [7, 11) is 1.59. The van der Waals surface area contributed by atoms with Crippen molar-refractivity contribution in [1.29, 1.82) is 0 Å². The quantitative estimate of drug-likeness (QED) is 0.860. The fourth-order valence-corrected chi connectivity index (χ4v) is 2.88. The summed E-state index contributed by atoms with van der Waals surface area (Å²) in [6.45, 7) is 4.40. The molecule has 2 aromatic rings. The zero-order valence-electron chi connectivity index (χ0n) is 12.5. The Labute approximate surface area is 129 Å². The molecule has 1 aromatic heterocycles. The van der Waals surface area contributed by atoms with E-state index in [1.54, 1.807) is 18.4 Å². The summed E-state index contributed by atoms with van der Waals surface area (Å²) >= 11 is 1.74. The average molecular weight is 304 g/mol. The smallest absolute Gasteiger partial charge is 0.238 e. The molecule has 21 heavy (non-hydrogen) atoms. The number of benzene rings is 1. The van der Waals surface area contributed by atoms with E-state index < -0.39 is 0 Å². The second kappa shape index (κ2) is 7.24. The van der Waals surface area contributed by atoms with Gasteiger partial charge in [0, 0.05) is 15.8 Å². The minimum atomic E-state index is -0.0837. The molecule has 5 heteroatoms. The second-order valence-electron chi connectivity index (χ2n) is 4.80. The number of methoxy groups -OCH3 is 1. The van der Waals surface area contributed by atoms with Gasteiger partial charge in [0.25, 0.3) is 0 Å². The summed E-state index contributed by atoms with van der Waals surface area (Å²) in [4.78, 5) is 14.5. The second-order valence-corrected chi connectivity index (χ2v) is 6.12. The number of anilines is 1. The number of hydrogen-bond donors (Lipinski definition) is 2. The number of ether oxygens (including phenoxy) is 1. The van der Waals surface area contributed by atoms with E-state index in [0.29, 0.717) is 11.4 Å². The van der Waals surface area contributed by atoms with Gasteiger partial charge < -0.3 is 15.4 Å². The lowest BCUT2D eigenvalue weighted by Gasteiger charge is -2.13. The Balaban J connectivity index is 1.87. The standard InChI is InChI=1S/C16H20N2O2S/c1-11-8-9-15(21-11)12(2)17-10-16(19)18-13-6-4-5-7-14(13)20-3/h4-9,12,17H,10H2,1-3H3,(H,18,19). The maximum absolute atomic E-state index is 12.0. The first-order chi connectivity index (χ1) is 10.1. The molecule has 0 aliphatic carbocycles. The highest BCUT2D eigenvalue weighted by Crippen LogP contribution is 2.23. The van der Waals surface area contributed by atoms with E-state index in [1.807, 2.05) is 24.3 Å². The molecule has 1 amide bonds. The van der Waals surface area contributed by atoms with Crippen molar-refractivity contribution >= 4 is 22.9 Å².